The molecule has 0 N–H and O–H groups in total. The predicted octanol–water partition coefficient (Wildman–Crippen LogP) is 5.62. The fourth-order valence-electron chi connectivity index (χ4n) is 2.86. The molecule has 0 spiro atoms. The Labute approximate surface area is 167 Å². The van der Waals surface area contributed by atoms with Gasteiger partial charge >= 0.3 is 0 Å². The average molecular weight is 403 g/mol. The minimum Gasteiger partial charge on any atom is -0.205 e. The molecule has 6 heteroatoms. The lowest BCUT2D eigenvalue weighted by Crippen LogP contribution is -2.04. The summed E-state index contributed by atoms with van der Waals surface area (Å²) in [5, 5.41) is 10.0. The van der Waals surface area contributed by atoms with Crippen LogP contribution in [0.4, 0.5) is 0 Å². The third-order valence-corrected chi connectivity index (χ3v) is 6.74. The van der Waals surface area contributed by atoms with Crippen molar-refractivity contribution in [3.8, 4) is 6.07 Å². The second-order valence-corrected chi connectivity index (χ2v) is 9.40. The number of aryl methyl sites for hydroxylation is 1. The molecule has 4 nitrogen and oxygen atoms in total. The first-order chi connectivity index (χ1) is 13.0. The number of hydrogen-bond donors (Lipinski definition) is 0. The van der Waals surface area contributed by atoms with E-state index in [0.717, 1.165) is 35.3 Å². The van der Waals surface area contributed by atoms with E-state index >= 15 is 0 Å². The lowest BCUT2D eigenvalue weighted by Gasteiger charge is -2.06. The van der Waals surface area contributed by atoms with Crippen LogP contribution in [0.25, 0.3) is 5.57 Å². The Balaban J connectivity index is 2.03. The summed E-state index contributed by atoms with van der Waals surface area (Å²) in [5.41, 5.74) is 2.42. The van der Waals surface area contributed by atoms with Crippen molar-refractivity contribution in [2.45, 2.75) is 52.4 Å². The molecule has 1 aliphatic rings. The molecular formula is C21H26N2O2S2. The molecule has 0 amide bonds. The molecule has 1 aliphatic heterocycles. The highest BCUT2D eigenvalue weighted by Gasteiger charge is 2.18. The molecule has 0 fully saturated rings. The van der Waals surface area contributed by atoms with Gasteiger partial charge in [-0.3, -0.25) is 0 Å². The SMILES string of the molecule is CCCCCCCCS(=O)(=O)/N=C1C=C/C(=C(/C#N)c2ccccc2C)S/1. The lowest BCUT2D eigenvalue weighted by atomic mass is 10.0. The van der Waals surface area contributed by atoms with Gasteiger partial charge in [-0.2, -0.15) is 9.66 Å². The van der Waals surface area contributed by atoms with Gasteiger partial charge in [0.2, 0.25) is 0 Å². The van der Waals surface area contributed by atoms with Crippen molar-refractivity contribution in [2.75, 3.05) is 5.75 Å². The van der Waals surface area contributed by atoms with E-state index in [0.29, 0.717) is 17.0 Å². The highest BCUT2D eigenvalue weighted by molar-refractivity contribution is 8.18. The number of benzene rings is 1. The van der Waals surface area contributed by atoms with Crippen LogP contribution in [0.2, 0.25) is 0 Å². The summed E-state index contributed by atoms with van der Waals surface area (Å²) in [4.78, 5) is 0.736. The molecule has 0 radical (unpaired) electrons. The topological polar surface area (TPSA) is 70.3 Å². The predicted molar refractivity (Wildman–Crippen MR) is 115 cm³/mol. The monoisotopic (exact) mass is 402 g/mol. The van der Waals surface area contributed by atoms with E-state index in [4.69, 9.17) is 0 Å². The van der Waals surface area contributed by atoms with Gasteiger partial charge in [0.15, 0.2) is 0 Å². The molecule has 0 saturated heterocycles. The summed E-state index contributed by atoms with van der Waals surface area (Å²) in [6, 6.07) is 9.92. The van der Waals surface area contributed by atoms with E-state index < -0.39 is 10.0 Å². The van der Waals surface area contributed by atoms with Crippen LogP contribution in [0.5, 0.6) is 0 Å². The Morgan fingerprint density at radius 3 is 2.52 bits per heavy atom. The van der Waals surface area contributed by atoms with Crippen molar-refractivity contribution >= 4 is 32.4 Å². The Bertz CT molecular complexity index is 891. The Morgan fingerprint density at radius 2 is 1.81 bits per heavy atom. The third-order valence-electron chi connectivity index (χ3n) is 4.35. The molecule has 0 aliphatic carbocycles. The lowest BCUT2D eigenvalue weighted by molar-refractivity contribution is 0.585. The number of thioether (sulfide) groups is 1. The van der Waals surface area contributed by atoms with E-state index in [1.165, 1.54) is 24.6 Å². The number of sulfonamides is 1. The van der Waals surface area contributed by atoms with Crippen molar-refractivity contribution < 1.29 is 8.42 Å². The first-order valence-corrected chi connectivity index (χ1v) is 11.8. The number of hydrogen-bond acceptors (Lipinski definition) is 4. The average Bonchev–Trinajstić information content (AvgIpc) is 3.07. The second kappa shape index (κ2) is 10.5. The van der Waals surface area contributed by atoms with Gasteiger partial charge in [-0.1, -0.05) is 75.1 Å². The first kappa shape index (κ1) is 21.5. The minimum atomic E-state index is -3.48. The van der Waals surface area contributed by atoms with Gasteiger partial charge in [0.25, 0.3) is 10.0 Å². The Hall–Kier alpha value is -1.84. The quantitative estimate of drug-likeness (QED) is 0.397. The standard InChI is InChI=1S/C21H26N2O2S2/c1-3-4-5-6-7-10-15-27(24,25)23-21-14-13-20(26-21)19(16-22)18-12-9-8-11-17(18)2/h8-9,11-14H,3-7,10,15H2,1-2H3/b20-19+,23-21-. The van der Waals surface area contributed by atoms with Crippen LogP contribution < -0.4 is 0 Å². The van der Waals surface area contributed by atoms with Gasteiger partial charge in [0, 0.05) is 4.91 Å². The van der Waals surface area contributed by atoms with Gasteiger partial charge in [-0.25, -0.2) is 8.42 Å². The van der Waals surface area contributed by atoms with Gasteiger partial charge in [-0.05, 0) is 36.6 Å². The Kier molecular flexibility index (Phi) is 8.33. The number of allylic oxidation sites excluding steroid dienone is 2. The maximum Gasteiger partial charge on any atom is 0.254 e. The highest BCUT2D eigenvalue weighted by atomic mass is 32.2. The minimum absolute atomic E-state index is 0.0823. The van der Waals surface area contributed by atoms with Crippen LogP contribution in [0.15, 0.2) is 45.7 Å². The molecule has 2 rings (SSSR count). The Morgan fingerprint density at radius 1 is 1.11 bits per heavy atom. The molecule has 1 aromatic rings. The normalized spacial score (nSPS) is 17.3. The number of nitriles is 1. The molecule has 144 valence electrons. The van der Waals surface area contributed by atoms with Crippen LogP contribution in [0.1, 0.15) is 56.6 Å². The van der Waals surface area contributed by atoms with Crippen LogP contribution in [-0.4, -0.2) is 19.2 Å². The van der Waals surface area contributed by atoms with Crippen LogP contribution in [-0.2, 0) is 10.0 Å². The molecule has 27 heavy (non-hydrogen) atoms. The van der Waals surface area contributed by atoms with Crippen molar-refractivity contribution in [3.05, 3.63) is 52.4 Å². The van der Waals surface area contributed by atoms with Crippen molar-refractivity contribution in [1.29, 1.82) is 5.26 Å². The number of rotatable bonds is 9. The largest absolute Gasteiger partial charge is 0.254 e. The van der Waals surface area contributed by atoms with E-state index in [2.05, 4.69) is 17.4 Å². The van der Waals surface area contributed by atoms with Crippen LogP contribution in [0.3, 0.4) is 0 Å². The fourth-order valence-corrected chi connectivity index (χ4v) is 5.10. The third kappa shape index (κ3) is 6.67. The summed E-state index contributed by atoms with van der Waals surface area (Å²) in [6.45, 7) is 4.11. The molecule has 0 bridgehead atoms. The van der Waals surface area contributed by atoms with Gasteiger partial charge < -0.3 is 0 Å². The zero-order chi connectivity index (χ0) is 19.7. The molecule has 1 aromatic carbocycles. The van der Waals surface area contributed by atoms with E-state index in [1.807, 2.05) is 31.2 Å². The smallest absolute Gasteiger partial charge is 0.205 e. The highest BCUT2D eigenvalue weighted by Crippen LogP contribution is 2.35. The first-order valence-electron chi connectivity index (χ1n) is 9.36. The van der Waals surface area contributed by atoms with Gasteiger partial charge in [0.05, 0.1) is 11.3 Å². The zero-order valence-electron chi connectivity index (χ0n) is 15.9. The van der Waals surface area contributed by atoms with E-state index in [9.17, 15) is 13.7 Å². The maximum absolute atomic E-state index is 12.2. The van der Waals surface area contributed by atoms with Crippen molar-refractivity contribution in [1.82, 2.24) is 0 Å². The van der Waals surface area contributed by atoms with E-state index in [1.54, 1.807) is 12.2 Å². The van der Waals surface area contributed by atoms with Crippen molar-refractivity contribution in [2.24, 2.45) is 4.40 Å². The molecular weight excluding hydrogens is 376 g/mol. The zero-order valence-corrected chi connectivity index (χ0v) is 17.6. The number of nitrogens with zero attached hydrogens (tertiary/aromatic N) is 2. The molecule has 0 unspecified atom stereocenters. The summed E-state index contributed by atoms with van der Waals surface area (Å²) in [6.07, 6.45) is 9.63. The van der Waals surface area contributed by atoms with Crippen LogP contribution >= 0.6 is 11.8 Å². The summed E-state index contributed by atoms with van der Waals surface area (Å²) >= 11 is 1.24. The van der Waals surface area contributed by atoms with Crippen LogP contribution in [0, 0.1) is 18.3 Å². The molecule has 0 atom stereocenters. The summed E-state index contributed by atoms with van der Waals surface area (Å²) in [7, 11) is -3.48. The van der Waals surface area contributed by atoms with E-state index in [-0.39, 0.29) is 5.75 Å². The molecule has 0 aromatic heterocycles. The summed E-state index contributed by atoms with van der Waals surface area (Å²) in [5.74, 6) is 0.0823. The fraction of sp³-hybridized carbons (Fsp3) is 0.429. The maximum atomic E-state index is 12.2. The number of unbranched alkanes of at least 4 members (excludes halogenated alkanes) is 5. The van der Waals surface area contributed by atoms with Crippen molar-refractivity contribution in [3.63, 3.8) is 0 Å². The second-order valence-electron chi connectivity index (χ2n) is 6.58. The molecule has 0 saturated carbocycles. The van der Waals surface area contributed by atoms with Gasteiger partial charge in [-0.15, -0.1) is 0 Å². The summed E-state index contributed by atoms with van der Waals surface area (Å²) < 4.78 is 28.4. The molecule has 1 heterocycles. The van der Waals surface area contributed by atoms with Gasteiger partial charge in [0.1, 0.15) is 11.1 Å².